The molecule has 0 fully saturated rings. The van der Waals surface area contributed by atoms with Crippen LogP contribution in [0, 0.1) is 0 Å². The fourth-order valence-corrected chi connectivity index (χ4v) is 1.31. The minimum atomic E-state index is -0.0752. The fourth-order valence-electron chi connectivity index (χ4n) is 1.31. The average molecular weight is 213 g/mol. The second kappa shape index (κ2) is 5.82. The van der Waals surface area contributed by atoms with Gasteiger partial charge in [0.1, 0.15) is 12.2 Å². The van der Waals surface area contributed by atoms with Crippen molar-refractivity contribution in [3.63, 3.8) is 0 Å². The van der Waals surface area contributed by atoms with Crippen molar-refractivity contribution in [1.29, 1.82) is 0 Å². The molecule has 1 heterocycles. The molecule has 1 aromatic rings. The average Bonchev–Trinajstić information content (AvgIpc) is 2.67. The third kappa shape index (κ3) is 3.28. The van der Waals surface area contributed by atoms with Gasteiger partial charge in [-0.3, -0.25) is 5.10 Å². The van der Waals surface area contributed by atoms with Crippen LogP contribution in [0.25, 0.3) is 0 Å². The smallest absolute Gasteiger partial charge is 0.179 e. The lowest BCUT2D eigenvalue weighted by molar-refractivity contribution is 0.0660. The lowest BCUT2D eigenvalue weighted by Gasteiger charge is -2.07. The molecule has 86 valence electrons. The van der Waals surface area contributed by atoms with Crippen molar-refractivity contribution in [2.75, 3.05) is 13.2 Å². The Labute approximate surface area is 90.2 Å². The number of rotatable bonds is 6. The van der Waals surface area contributed by atoms with Gasteiger partial charge < -0.3 is 9.47 Å². The van der Waals surface area contributed by atoms with Crippen molar-refractivity contribution in [1.82, 2.24) is 15.2 Å². The monoisotopic (exact) mass is 213 g/mol. The second-order valence-electron chi connectivity index (χ2n) is 3.27. The number of nitrogens with zero attached hydrogens (tertiary/aromatic N) is 2. The normalized spacial score (nSPS) is 15.2. The maximum atomic E-state index is 5.41. The molecule has 0 spiro atoms. The molecule has 2 atom stereocenters. The number of H-pyrrole nitrogens is 1. The van der Waals surface area contributed by atoms with Crippen LogP contribution in [0.4, 0.5) is 0 Å². The van der Waals surface area contributed by atoms with Gasteiger partial charge in [-0.15, -0.1) is 0 Å². The van der Waals surface area contributed by atoms with Gasteiger partial charge in [-0.2, -0.15) is 5.10 Å². The van der Waals surface area contributed by atoms with E-state index in [4.69, 9.17) is 9.47 Å². The van der Waals surface area contributed by atoms with Crippen molar-refractivity contribution < 1.29 is 9.47 Å². The molecule has 1 rings (SSSR count). The predicted octanol–water partition coefficient (Wildman–Crippen LogP) is 2.00. The lowest BCUT2D eigenvalue weighted by Crippen LogP contribution is -2.03. The van der Waals surface area contributed by atoms with E-state index in [1.54, 1.807) is 0 Å². The topological polar surface area (TPSA) is 60.0 Å². The van der Waals surface area contributed by atoms with Crippen molar-refractivity contribution in [2.45, 2.75) is 39.9 Å². The van der Waals surface area contributed by atoms with E-state index in [1.165, 1.54) is 0 Å². The Morgan fingerprint density at radius 3 is 2.33 bits per heavy atom. The first-order valence-electron chi connectivity index (χ1n) is 5.34. The largest absolute Gasteiger partial charge is 0.371 e. The first kappa shape index (κ1) is 12.1. The summed E-state index contributed by atoms with van der Waals surface area (Å²) in [5.41, 5.74) is 0. The highest BCUT2D eigenvalue weighted by molar-refractivity contribution is 4.95. The summed E-state index contributed by atoms with van der Waals surface area (Å²) in [4.78, 5) is 4.33. The molecule has 0 amide bonds. The van der Waals surface area contributed by atoms with Gasteiger partial charge in [-0.25, -0.2) is 4.98 Å². The highest BCUT2D eigenvalue weighted by atomic mass is 16.5. The Bertz CT molecular complexity index is 261. The van der Waals surface area contributed by atoms with E-state index in [0.717, 1.165) is 5.82 Å². The van der Waals surface area contributed by atoms with Gasteiger partial charge in [-0.1, -0.05) is 0 Å². The minimum absolute atomic E-state index is 0.0509. The van der Waals surface area contributed by atoms with Gasteiger partial charge in [0.05, 0.1) is 0 Å². The van der Waals surface area contributed by atoms with E-state index in [1.807, 2.05) is 27.7 Å². The SMILES string of the molecule is CCO[C@@H](C)c1n[nH]c([C@H](C)OCC)n1. The lowest BCUT2D eigenvalue weighted by atomic mass is 10.3. The molecule has 0 aliphatic rings. The summed E-state index contributed by atoms with van der Waals surface area (Å²) in [5, 5.41) is 6.96. The highest BCUT2D eigenvalue weighted by Crippen LogP contribution is 2.16. The molecule has 0 saturated heterocycles. The summed E-state index contributed by atoms with van der Waals surface area (Å²) < 4.78 is 10.8. The maximum absolute atomic E-state index is 5.41. The zero-order valence-corrected chi connectivity index (χ0v) is 9.78. The molecule has 0 aromatic carbocycles. The first-order chi connectivity index (χ1) is 7.19. The molecular formula is C10H19N3O2. The van der Waals surface area contributed by atoms with Gasteiger partial charge in [0.25, 0.3) is 0 Å². The zero-order chi connectivity index (χ0) is 11.3. The molecule has 0 saturated carbocycles. The van der Waals surface area contributed by atoms with Crippen molar-refractivity contribution in [2.24, 2.45) is 0 Å². The molecule has 0 unspecified atom stereocenters. The van der Waals surface area contributed by atoms with Crippen LogP contribution in [0.15, 0.2) is 0 Å². The predicted molar refractivity (Wildman–Crippen MR) is 56.5 cm³/mol. The van der Waals surface area contributed by atoms with E-state index < -0.39 is 0 Å². The number of ether oxygens (including phenoxy) is 2. The molecule has 0 aliphatic carbocycles. The zero-order valence-electron chi connectivity index (χ0n) is 9.78. The summed E-state index contributed by atoms with van der Waals surface area (Å²) in [6, 6.07) is 0. The van der Waals surface area contributed by atoms with Gasteiger partial charge in [0.2, 0.25) is 0 Å². The summed E-state index contributed by atoms with van der Waals surface area (Å²) in [7, 11) is 0. The van der Waals surface area contributed by atoms with Crippen molar-refractivity contribution >= 4 is 0 Å². The molecule has 15 heavy (non-hydrogen) atoms. The molecule has 0 radical (unpaired) electrons. The van der Waals surface area contributed by atoms with Crippen molar-refractivity contribution in [3.05, 3.63) is 11.6 Å². The number of nitrogens with one attached hydrogen (secondary N) is 1. The number of hydrogen-bond acceptors (Lipinski definition) is 4. The molecule has 1 N–H and O–H groups in total. The van der Waals surface area contributed by atoms with E-state index in [9.17, 15) is 0 Å². The van der Waals surface area contributed by atoms with Crippen LogP contribution in [0.2, 0.25) is 0 Å². The Balaban J connectivity index is 2.62. The van der Waals surface area contributed by atoms with E-state index in [0.29, 0.717) is 19.0 Å². The van der Waals surface area contributed by atoms with Crippen molar-refractivity contribution in [3.8, 4) is 0 Å². The third-order valence-electron chi connectivity index (χ3n) is 2.10. The molecule has 1 aromatic heterocycles. The summed E-state index contributed by atoms with van der Waals surface area (Å²) >= 11 is 0. The van der Waals surface area contributed by atoms with Crippen LogP contribution < -0.4 is 0 Å². The standard InChI is InChI=1S/C10H19N3O2/c1-5-14-7(3)9-11-10(13-12-9)8(4)15-6-2/h7-8H,5-6H2,1-4H3,(H,11,12,13)/t7-,8-/m0/s1. The Kier molecular flexibility index (Phi) is 4.71. The maximum Gasteiger partial charge on any atom is 0.179 e. The van der Waals surface area contributed by atoms with E-state index >= 15 is 0 Å². The first-order valence-corrected chi connectivity index (χ1v) is 5.34. The quantitative estimate of drug-likeness (QED) is 0.785. The minimum Gasteiger partial charge on any atom is -0.371 e. The fraction of sp³-hybridized carbons (Fsp3) is 0.800. The van der Waals surface area contributed by atoms with Crippen LogP contribution in [0.5, 0.6) is 0 Å². The summed E-state index contributed by atoms with van der Waals surface area (Å²) in [6.07, 6.45) is -0.126. The van der Waals surface area contributed by atoms with Crippen LogP contribution in [-0.2, 0) is 9.47 Å². The summed E-state index contributed by atoms with van der Waals surface area (Å²) in [5.74, 6) is 1.43. The second-order valence-corrected chi connectivity index (χ2v) is 3.27. The molecular weight excluding hydrogens is 194 g/mol. The number of aromatic nitrogens is 3. The van der Waals surface area contributed by atoms with Gasteiger partial charge in [0, 0.05) is 13.2 Å². The van der Waals surface area contributed by atoms with Crippen LogP contribution in [-0.4, -0.2) is 28.4 Å². The highest BCUT2D eigenvalue weighted by Gasteiger charge is 2.15. The Morgan fingerprint density at radius 2 is 1.73 bits per heavy atom. The van der Waals surface area contributed by atoms with Gasteiger partial charge >= 0.3 is 0 Å². The molecule has 0 bridgehead atoms. The van der Waals surface area contributed by atoms with Gasteiger partial charge in [-0.05, 0) is 27.7 Å². The summed E-state index contributed by atoms with van der Waals surface area (Å²) in [6.45, 7) is 9.11. The third-order valence-corrected chi connectivity index (χ3v) is 2.10. The Hall–Kier alpha value is -0.940. The number of aromatic amines is 1. The molecule has 0 aliphatic heterocycles. The molecule has 5 nitrogen and oxygen atoms in total. The van der Waals surface area contributed by atoms with Crippen LogP contribution in [0.1, 0.15) is 51.6 Å². The van der Waals surface area contributed by atoms with E-state index in [-0.39, 0.29) is 12.2 Å². The number of hydrogen-bond donors (Lipinski definition) is 1. The van der Waals surface area contributed by atoms with E-state index in [2.05, 4.69) is 15.2 Å². The molecule has 5 heteroatoms. The van der Waals surface area contributed by atoms with Crippen LogP contribution >= 0.6 is 0 Å². The van der Waals surface area contributed by atoms with Crippen LogP contribution in [0.3, 0.4) is 0 Å². The Morgan fingerprint density at radius 1 is 1.13 bits per heavy atom. The van der Waals surface area contributed by atoms with Gasteiger partial charge in [0.15, 0.2) is 11.6 Å².